The molecule has 0 radical (unpaired) electrons. The van der Waals surface area contributed by atoms with E-state index in [0.29, 0.717) is 5.56 Å². The highest BCUT2D eigenvalue weighted by molar-refractivity contribution is 5.90. The Morgan fingerprint density at radius 2 is 2.00 bits per heavy atom. The molecule has 0 saturated carbocycles. The number of nitrogens with one attached hydrogen (secondary N) is 1. The van der Waals surface area contributed by atoms with Crippen molar-refractivity contribution in [2.24, 2.45) is 0 Å². The number of ether oxygens (including phenoxy) is 2. The normalized spacial score (nSPS) is 9.59. The van der Waals surface area contributed by atoms with Crippen LogP contribution in [0.1, 0.15) is 22.8 Å². The molecule has 0 amide bonds. The average Bonchev–Trinajstić information content (AvgIpc) is 2.34. The van der Waals surface area contributed by atoms with Crippen molar-refractivity contribution in [1.82, 2.24) is 0 Å². The molecule has 1 aromatic carbocycles. The first-order valence-electron chi connectivity index (χ1n) is 5.10. The molecule has 1 N–H and O–H groups in total. The third-order valence-electron chi connectivity index (χ3n) is 2.14. The monoisotopic (exact) mass is 237 g/mol. The summed E-state index contributed by atoms with van der Waals surface area (Å²) in [6.45, 7) is 1.47. The van der Waals surface area contributed by atoms with Crippen LogP contribution in [0.4, 0.5) is 5.69 Å². The van der Waals surface area contributed by atoms with Crippen molar-refractivity contribution in [3.63, 3.8) is 0 Å². The third-order valence-corrected chi connectivity index (χ3v) is 2.14. The molecule has 17 heavy (non-hydrogen) atoms. The molecule has 1 aromatic rings. The van der Waals surface area contributed by atoms with Gasteiger partial charge in [0.05, 0.1) is 12.7 Å². The first-order chi connectivity index (χ1) is 8.06. The number of methoxy groups -OCH3 is 1. The summed E-state index contributed by atoms with van der Waals surface area (Å²) in [5.41, 5.74) is 1.91. The predicted octanol–water partition coefficient (Wildman–Crippen LogP) is 1.58. The summed E-state index contributed by atoms with van der Waals surface area (Å²) in [7, 11) is 3.06. The highest BCUT2D eigenvalue weighted by atomic mass is 16.5. The molecule has 0 fully saturated rings. The van der Waals surface area contributed by atoms with Crippen LogP contribution in [0, 0.1) is 0 Å². The van der Waals surface area contributed by atoms with Crippen LogP contribution < -0.4 is 5.32 Å². The molecule has 0 atom stereocenters. The molecule has 5 nitrogen and oxygen atoms in total. The van der Waals surface area contributed by atoms with Crippen LogP contribution in [0.15, 0.2) is 18.2 Å². The fourth-order valence-corrected chi connectivity index (χ4v) is 1.34. The van der Waals surface area contributed by atoms with Crippen LogP contribution in [-0.4, -0.2) is 26.1 Å². The molecule has 0 heterocycles. The van der Waals surface area contributed by atoms with Gasteiger partial charge in [-0.3, -0.25) is 4.79 Å². The third kappa shape index (κ3) is 3.79. The van der Waals surface area contributed by atoms with Crippen LogP contribution in [0.5, 0.6) is 0 Å². The summed E-state index contributed by atoms with van der Waals surface area (Å²) in [5.74, 6) is -0.786. The van der Waals surface area contributed by atoms with E-state index in [2.05, 4.69) is 10.1 Å². The Hall–Kier alpha value is -2.04. The standard InChI is InChI=1S/C12H15NO4/c1-8(14)17-7-9-4-10(12(15)16-3)6-11(5-9)13-2/h4-6,13H,7H2,1-3H3. The summed E-state index contributed by atoms with van der Waals surface area (Å²) in [6.07, 6.45) is 0. The molecule has 0 unspecified atom stereocenters. The number of carbonyl (C=O) groups is 2. The Labute approximate surface area is 99.7 Å². The highest BCUT2D eigenvalue weighted by Gasteiger charge is 2.09. The molecular weight excluding hydrogens is 222 g/mol. The molecule has 92 valence electrons. The average molecular weight is 237 g/mol. The smallest absolute Gasteiger partial charge is 0.337 e. The van der Waals surface area contributed by atoms with Crippen LogP contribution in [0.25, 0.3) is 0 Å². The number of hydrogen-bond donors (Lipinski definition) is 1. The van der Waals surface area contributed by atoms with Gasteiger partial charge in [-0.1, -0.05) is 0 Å². The van der Waals surface area contributed by atoms with E-state index in [1.54, 1.807) is 25.2 Å². The highest BCUT2D eigenvalue weighted by Crippen LogP contribution is 2.16. The van der Waals surface area contributed by atoms with Crippen LogP contribution in [0.3, 0.4) is 0 Å². The summed E-state index contributed by atoms with van der Waals surface area (Å²) < 4.78 is 9.52. The van der Waals surface area contributed by atoms with Crippen molar-refractivity contribution in [3.8, 4) is 0 Å². The number of rotatable bonds is 4. The van der Waals surface area contributed by atoms with Gasteiger partial charge in [0.2, 0.25) is 0 Å². The van der Waals surface area contributed by atoms with Crippen molar-refractivity contribution >= 4 is 17.6 Å². The largest absolute Gasteiger partial charge is 0.465 e. The summed E-state index contributed by atoms with van der Waals surface area (Å²) in [4.78, 5) is 22.1. The Kier molecular flexibility index (Phi) is 4.51. The van der Waals surface area contributed by atoms with Crippen LogP contribution >= 0.6 is 0 Å². The molecule has 0 aliphatic carbocycles. The molecule has 1 rings (SSSR count). The van der Waals surface area contributed by atoms with Crippen LogP contribution in [0.2, 0.25) is 0 Å². The van der Waals surface area contributed by atoms with Gasteiger partial charge in [0.25, 0.3) is 0 Å². The van der Waals surface area contributed by atoms with Crippen molar-refractivity contribution in [1.29, 1.82) is 0 Å². The van der Waals surface area contributed by atoms with E-state index < -0.39 is 5.97 Å². The van der Waals surface area contributed by atoms with Gasteiger partial charge in [-0.25, -0.2) is 4.79 Å². The van der Waals surface area contributed by atoms with E-state index in [4.69, 9.17) is 4.74 Å². The summed E-state index contributed by atoms with van der Waals surface area (Å²) in [6, 6.07) is 5.11. The van der Waals surface area contributed by atoms with Gasteiger partial charge in [-0.15, -0.1) is 0 Å². The minimum atomic E-state index is -0.425. The van der Waals surface area contributed by atoms with E-state index in [1.165, 1.54) is 14.0 Å². The molecule has 0 aliphatic rings. The van der Waals surface area contributed by atoms with E-state index in [1.807, 2.05) is 0 Å². The first-order valence-corrected chi connectivity index (χ1v) is 5.10. The fraction of sp³-hybridized carbons (Fsp3) is 0.333. The lowest BCUT2D eigenvalue weighted by atomic mass is 10.1. The Morgan fingerprint density at radius 1 is 1.29 bits per heavy atom. The van der Waals surface area contributed by atoms with Gasteiger partial charge in [-0.2, -0.15) is 0 Å². The molecule has 5 heteroatoms. The summed E-state index contributed by atoms with van der Waals surface area (Å²) in [5, 5.41) is 2.93. The lowest BCUT2D eigenvalue weighted by Crippen LogP contribution is -2.05. The quantitative estimate of drug-likeness (QED) is 0.805. The van der Waals surface area contributed by atoms with E-state index in [-0.39, 0.29) is 12.6 Å². The van der Waals surface area contributed by atoms with Gasteiger partial charge in [-0.05, 0) is 23.8 Å². The fourth-order valence-electron chi connectivity index (χ4n) is 1.34. The SMILES string of the molecule is CNc1cc(COC(C)=O)cc(C(=O)OC)c1. The zero-order valence-corrected chi connectivity index (χ0v) is 10.1. The van der Waals surface area contributed by atoms with Crippen LogP contribution in [-0.2, 0) is 20.9 Å². The van der Waals surface area contributed by atoms with E-state index >= 15 is 0 Å². The van der Waals surface area contributed by atoms with E-state index in [9.17, 15) is 9.59 Å². The molecule has 0 spiro atoms. The molecule has 0 saturated heterocycles. The first kappa shape index (κ1) is 13.0. The maximum atomic E-state index is 11.4. The van der Waals surface area contributed by atoms with Crippen molar-refractivity contribution in [2.45, 2.75) is 13.5 Å². The Balaban J connectivity index is 2.96. The second kappa shape index (κ2) is 5.89. The number of carbonyl (C=O) groups excluding carboxylic acids is 2. The van der Waals surface area contributed by atoms with Gasteiger partial charge >= 0.3 is 11.9 Å². The van der Waals surface area contributed by atoms with Gasteiger partial charge in [0.1, 0.15) is 6.61 Å². The molecule has 0 aliphatic heterocycles. The molecule has 0 aromatic heterocycles. The Bertz CT molecular complexity index is 429. The van der Waals surface area contributed by atoms with Gasteiger partial charge < -0.3 is 14.8 Å². The zero-order valence-electron chi connectivity index (χ0n) is 10.1. The number of anilines is 1. The minimum absolute atomic E-state index is 0.134. The lowest BCUT2D eigenvalue weighted by molar-refractivity contribution is -0.142. The van der Waals surface area contributed by atoms with Gasteiger partial charge in [0.15, 0.2) is 0 Å². The topological polar surface area (TPSA) is 64.6 Å². The van der Waals surface area contributed by atoms with Crippen molar-refractivity contribution in [3.05, 3.63) is 29.3 Å². The summed E-state index contributed by atoms with van der Waals surface area (Å²) >= 11 is 0. The number of benzene rings is 1. The molecular formula is C12H15NO4. The number of hydrogen-bond acceptors (Lipinski definition) is 5. The van der Waals surface area contributed by atoms with Crippen molar-refractivity contribution in [2.75, 3.05) is 19.5 Å². The van der Waals surface area contributed by atoms with E-state index in [0.717, 1.165) is 11.3 Å². The number of esters is 2. The lowest BCUT2D eigenvalue weighted by Gasteiger charge is -2.08. The van der Waals surface area contributed by atoms with Gasteiger partial charge in [0, 0.05) is 19.7 Å². The predicted molar refractivity (Wildman–Crippen MR) is 62.8 cm³/mol. The molecule has 0 bridgehead atoms. The minimum Gasteiger partial charge on any atom is -0.465 e. The van der Waals surface area contributed by atoms with Crippen molar-refractivity contribution < 1.29 is 19.1 Å². The zero-order chi connectivity index (χ0) is 12.8. The maximum Gasteiger partial charge on any atom is 0.337 e. The maximum absolute atomic E-state index is 11.4. The Morgan fingerprint density at radius 3 is 2.53 bits per heavy atom. The second-order valence-electron chi connectivity index (χ2n) is 3.44. The second-order valence-corrected chi connectivity index (χ2v) is 3.44.